The number of ether oxygens (including phenoxy) is 3. The van der Waals surface area contributed by atoms with E-state index in [0.717, 1.165) is 11.7 Å². The standard InChI is InChI=1S/C24H18N4O7S/c1-33-16-5-8-21(34-2)14(9-16)12-27-20-7-4-15(28(31)32)11-17(20)22(23(27)35-24(29)30)13-3-6-18-19(10-13)26-36-25-18/h3-11H,12H2,1-2H3,(H,29,30). The van der Waals surface area contributed by atoms with Crippen LogP contribution >= 0.6 is 11.7 Å². The van der Waals surface area contributed by atoms with Gasteiger partial charge in [-0.3, -0.25) is 10.1 Å². The zero-order chi connectivity index (χ0) is 25.4. The molecule has 0 saturated heterocycles. The van der Waals surface area contributed by atoms with Crippen LogP contribution in [0.3, 0.4) is 0 Å². The Balaban J connectivity index is 1.82. The van der Waals surface area contributed by atoms with E-state index in [1.807, 2.05) is 0 Å². The third-order valence-electron chi connectivity index (χ3n) is 5.75. The van der Waals surface area contributed by atoms with Gasteiger partial charge >= 0.3 is 6.16 Å². The highest BCUT2D eigenvalue weighted by Crippen LogP contribution is 2.43. The van der Waals surface area contributed by atoms with Gasteiger partial charge in [-0.2, -0.15) is 8.75 Å². The van der Waals surface area contributed by atoms with E-state index >= 15 is 0 Å². The van der Waals surface area contributed by atoms with Crippen LogP contribution in [0.25, 0.3) is 33.1 Å². The summed E-state index contributed by atoms with van der Waals surface area (Å²) in [4.78, 5) is 22.9. The van der Waals surface area contributed by atoms with Gasteiger partial charge in [0.25, 0.3) is 5.69 Å². The lowest BCUT2D eigenvalue weighted by atomic mass is 10.0. The quantitative estimate of drug-likeness (QED) is 0.176. The van der Waals surface area contributed by atoms with Crippen LogP contribution in [0.15, 0.2) is 54.6 Å². The van der Waals surface area contributed by atoms with E-state index in [1.54, 1.807) is 47.0 Å². The highest BCUT2D eigenvalue weighted by molar-refractivity contribution is 7.00. The number of hydrogen-bond acceptors (Lipinski definition) is 9. The minimum absolute atomic E-state index is 0.00501. The van der Waals surface area contributed by atoms with E-state index in [4.69, 9.17) is 14.2 Å². The lowest BCUT2D eigenvalue weighted by Crippen LogP contribution is -2.10. The Kier molecular flexibility index (Phi) is 5.86. The van der Waals surface area contributed by atoms with Crippen LogP contribution in [-0.4, -0.2) is 43.7 Å². The van der Waals surface area contributed by atoms with Gasteiger partial charge in [0.15, 0.2) is 0 Å². The monoisotopic (exact) mass is 506 g/mol. The minimum Gasteiger partial charge on any atom is -0.497 e. The van der Waals surface area contributed by atoms with Crippen molar-refractivity contribution in [1.29, 1.82) is 0 Å². The molecular weight excluding hydrogens is 488 g/mol. The summed E-state index contributed by atoms with van der Waals surface area (Å²) in [6.07, 6.45) is -1.52. The first-order chi connectivity index (χ1) is 17.4. The summed E-state index contributed by atoms with van der Waals surface area (Å²) in [6, 6.07) is 14.9. The largest absolute Gasteiger partial charge is 0.512 e. The molecule has 0 saturated carbocycles. The molecule has 0 aliphatic heterocycles. The first-order valence-electron chi connectivity index (χ1n) is 10.5. The molecule has 5 rings (SSSR count). The van der Waals surface area contributed by atoms with Gasteiger partial charge < -0.3 is 23.9 Å². The summed E-state index contributed by atoms with van der Waals surface area (Å²) in [7, 11) is 3.07. The summed E-state index contributed by atoms with van der Waals surface area (Å²) in [5, 5.41) is 21.6. The number of carboxylic acid groups (broad SMARTS) is 1. The van der Waals surface area contributed by atoms with Gasteiger partial charge in [0, 0.05) is 23.1 Å². The van der Waals surface area contributed by atoms with Gasteiger partial charge in [-0.15, -0.1) is 0 Å². The summed E-state index contributed by atoms with van der Waals surface area (Å²) in [5.41, 5.74) is 3.33. The molecular formula is C24H18N4O7S. The second kappa shape index (κ2) is 9.15. The van der Waals surface area contributed by atoms with Crippen LogP contribution in [0.5, 0.6) is 17.4 Å². The van der Waals surface area contributed by atoms with Gasteiger partial charge in [0.2, 0.25) is 5.88 Å². The third kappa shape index (κ3) is 4.03. The van der Waals surface area contributed by atoms with Crippen molar-refractivity contribution in [2.45, 2.75) is 6.54 Å². The molecule has 0 unspecified atom stereocenters. The van der Waals surface area contributed by atoms with Crippen LogP contribution in [0.1, 0.15) is 5.56 Å². The Morgan fingerprint density at radius 2 is 1.86 bits per heavy atom. The molecule has 11 nitrogen and oxygen atoms in total. The highest BCUT2D eigenvalue weighted by Gasteiger charge is 2.25. The number of nitrogens with zero attached hydrogens (tertiary/aromatic N) is 4. The number of non-ortho nitro benzene ring substituents is 1. The second-order valence-electron chi connectivity index (χ2n) is 7.74. The van der Waals surface area contributed by atoms with Gasteiger partial charge in [0.1, 0.15) is 22.5 Å². The summed E-state index contributed by atoms with van der Waals surface area (Å²) >= 11 is 1.05. The predicted molar refractivity (Wildman–Crippen MR) is 132 cm³/mol. The molecule has 2 aromatic heterocycles. The smallest absolute Gasteiger partial charge is 0.497 e. The molecule has 0 spiro atoms. The van der Waals surface area contributed by atoms with Crippen molar-refractivity contribution >= 4 is 45.5 Å². The van der Waals surface area contributed by atoms with Crippen molar-refractivity contribution in [3.05, 3.63) is 70.3 Å². The number of benzene rings is 3. The predicted octanol–water partition coefficient (Wildman–Crippen LogP) is 5.34. The van der Waals surface area contributed by atoms with E-state index in [0.29, 0.717) is 50.1 Å². The van der Waals surface area contributed by atoms with Crippen molar-refractivity contribution in [3.63, 3.8) is 0 Å². The number of hydrogen-bond donors (Lipinski definition) is 1. The molecule has 0 fully saturated rings. The average Bonchev–Trinajstić information content (AvgIpc) is 3.45. The van der Waals surface area contributed by atoms with Crippen molar-refractivity contribution in [2.75, 3.05) is 14.2 Å². The molecule has 3 aromatic carbocycles. The zero-order valence-corrected chi connectivity index (χ0v) is 19.8. The molecule has 1 N–H and O–H groups in total. The molecule has 0 radical (unpaired) electrons. The molecule has 12 heteroatoms. The topological polar surface area (TPSA) is 139 Å². The molecule has 2 heterocycles. The second-order valence-corrected chi connectivity index (χ2v) is 8.27. The molecule has 0 amide bonds. The summed E-state index contributed by atoms with van der Waals surface area (Å²) < 4.78 is 26.3. The minimum atomic E-state index is -1.52. The van der Waals surface area contributed by atoms with E-state index in [-0.39, 0.29) is 18.1 Å². The fourth-order valence-corrected chi connectivity index (χ4v) is 4.69. The SMILES string of the molecule is COc1ccc(OC)c(Cn2c(OC(=O)O)c(-c3ccc4nsnc4c3)c3cc([N+](=O)[O-])ccc32)c1. The van der Waals surface area contributed by atoms with Crippen LogP contribution < -0.4 is 14.2 Å². The van der Waals surface area contributed by atoms with Crippen LogP contribution in [0.2, 0.25) is 0 Å². The molecule has 0 atom stereocenters. The van der Waals surface area contributed by atoms with Gasteiger partial charge in [-0.1, -0.05) is 6.07 Å². The molecule has 0 aliphatic carbocycles. The van der Waals surface area contributed by atoms with Crippen molar-refractivity contribution in [2.24, 2.45) is 0 Å². The number of rotatable bonds is 7. The van der Waals surface area contributed by atoms with Crippen molar-refractivity contribution in [1.82, 2.24) is 13.3 Å². The lowest BCUT2D eigenvalue weighted by Gasteiger charge is -2.14. The summed E-state index contributed by atoms with van der Waals surface area (Å²) in [5.74, 6) is 1.14. The number of carbonyl (C=O) groups is 1. The van der Waals surface area contributed by atoms with Gasteiger partial charge in [0.05, 0.1) is 48.5 Å². The maximum absolute atomic E-state index is 11.8. The Morgan fingerprint density at radius 3 is 2.58 bits per heavy atom. The molecule has 36 heavy (non-hydrogen) atoms. The van der Waals surface area contributed by atoms with Crippen LogP contribution in [0.4, 0.5) is 10.5 Å². The first-order valence-corrected chi connectivity index (χ1v) is 11.3. The molecule has 182 valence electrons. The highest BCUT2D eigenvalue weighted by atomic mass is 32.1. The average molecular weight is 506 g/mol. The normalized spacial score (nSPS) is 11.1. The maximum Gasteiger partial charge on any atom is 0.512 e. The van der Waals surface area contributed by atoms with Crippen molar-refractivity contribution in [3.8, 4) is 28.5 Å². The third-order valence-corrected chi connectivity index (χ3v) is 6.31. The molecule has 5 aromatic rings. The van der Waals surface area contributed by atoms with E-state index in [2.05, 4.69) is 8.75 Å². The molecule has 0 aliphatic rings. The Bertz CT molecular complexity index is 1640. The fourth-order valence-electron chi connectivity index (χ4n) is 4.17. The zero-order valence-electron chi connectivity index (χ0n) is 19.0. The van der Waals surface area contributed by atoms with E-state index < -0.39 is 11.1 Å². The number of aromatic nitrogens is 3. The van der Waals surface area contributed by atoms with Gasteiger partial charge in [-0.25, -0.2) is 4.79 Å². The van der Waals surface area contributed by atoms with Crippen molar-refractivity contribution < 1.29 is 29.0 Å². The van der Waals surface area contributed by atoms with Gasteiger partial charge in [-0.05, 0) is 42.0 Å². The molecule has 0 bridgehead atoms. The van der Waals surface area contributed by atoms with E-state index in [1.165, 1.54) is 26.4 Å². The number of nitro benzene ring substituents is 1. The van der Waals surface area contributed by atoms with Crippen LogP contribution in [-0.2, 0) is 6.54 Å². The van der Waals surface area contributed by atoms with E-state index in [9.17, 15) is 20.0 Å². The Hall–Kier alpha value is -4.71. The Labute approximate surface area is 207 Å². The number of methoxy groups -OCH3 is 2. The maximum atomic E-state index is 11.8. The summed E-state index contributed by atoms with van der Waals surface area (Å²) in [6.45, 7) is 0.137. The lowest BCUT2D eigenvalue weighted by molar-refractivity contribution is -0.384. The fraction of sp³-hybridized carbons (Fsp3) is 0.125. The number of nitro groups is 1. The first kappa shape index (κ1) is 23.1. The Morgan fingerprint density at radius 1 is 1.06 bits per heavy atom. The van der Waals surface area contributed by atoms with Crippen LogP contribution in [0, 0.1) is 10.1 Å². The number of fused-ring (bicyclic) bond motifs is 2.